The highest BCUT2D eigenvalue weighted by atomic mass is 35.5. The van der Waals surface area contributed by atoms with E-state index in [1.165, 1.54) is 6.26 Å². The molecule has 1 aliphatic heterocycles. The second-order valence-corrected chi connectivity index (χ2v) is 8.80. The predicted molar refractivity (Wildman–Crippen MR) is 104 cm³/mol. The van der Waals surface area contributed by atoms with Crippen molar-refractivity contribution in [2.45, 2.75) is 10.9 Å². The van der Waals surface area contributed by atoms with Crippen LogP contribution >= 0.6 is 11.6 Å². The van der Waals surface area contributed by atoms with Gasteiger partial charge >= 0.3 is 0 Å². The molecule has 140 valence electrons. The Kier molecular flexibility index (Phi) is 6.19. The van der Waals surface area contributed by atoms with Crippen LogP contribution in [0.3, 0.4) is 0 Å². The molecule has 5 nitrogen and oxygen atoms in total. The van der Waals surface area contributed by atoms with Crippen LogP contribution < -0.4 is 10.1 Å². The maximum absolute atomic E-state index is 11.7. The third-order valence-electron chi connectivity index (χ3n) is 4.50. The van der Waals surface area contributed by atoms with E-state index in [1.54, 1.807) is 24.3 Å². The fraction of sp³-hybridized carbons (Fsp3) is 0.368. The normalized spacial score (nSPS) is 18.6. The second kappa shape index (κ2) is 8.39. The van der Waals surface area contributed by atoms with Gasteiger partial charge in [-0.1, -0.05) is 35.9 Å². The zero-order valence-corrected chi connectivity index (χ0v) is 16.3. The van der Waals surface area contributed by atoms with Gasteiger partial charge in [0.1, 0.15) is 12.4 Å². The molecule has 1 unspecified atom stereocenters. The topological polar surface area (TPSA) is 58.6 Å². The van der Waals surface area contributed by atoms with Gasteiger partial charge in [-0.3, -0.25) is 4.90 Å². The van der Waals surface area contributed by atoms with Crippen molar-refractivity contribution in [1.29, 1.82) is 0 Å². The van der Waals surface area contributed by atoms with Gasteiger partial charge in [0.2, 0.25) is 0 Å². The number of hydrogen-bond donors (Lipinski definition) is 1. The Morgan fingerprint density at radius 1 is 1.23 bits per heavy atom. The lowest BCUT2D eigenvalue weighted by molar-refractivity contribution is 0.134. The quantitative estimate of drug-likeness (QED) is 0.816. The molecule has 0 spiro atoms. The number of sulfone groups is 1. The van der Waals surface area contributed by atoms with Gasteiger partial charge in [0, 0.05) is 43.5 Å². The first-order valence-electron chi connectivity index (χ1n) is 8.57. The third kappa shape index (κ3) is 4.76. The van der Waals surface area contributed by atoms with Gasteiger partial charge in [0.05, 0.1) is 4.90 Å². The van der Waals surface area contributed by atoms with Crippen molar-refractivity contribution in [3.8, 4) is 5.75 Å². The molecule has 0 bridgehead atoms. The Morgan fingerprint density at radius 3 is 2.81 bits per heavy atom. The number of halogens is 1. The zero-order chi connectivity index (χ0) is 18.6. The zero-order valence-electron chi connectivity index (χ0n) is 14.7. The number of piperazine rings is 1. The Bertz CT molecular complexity index is 857. The van der Waals surface area contributed by atoms with E-state index in [0.29, 0.717) is 12.4 Å². The van der Waals surface area contributed by atoms with E-state index in [-0.39, 0.29) is 10.9 Å². The molecule has 0 radical (unpaired) electrons. The van der Waals surface area contributed by atoms with Gasteiger partial charge in [0.15, 0.2) is 9.84 Å². The molecule has 1 N–H and O–H groups in total. The summed E-state index contributed by atoms with van der Waals surface area (Å²) in [6, 6.07) is 14.7. The summed E-state index contributed by atoms with van der Waals surface area (Å²) in [6.07, 6.45) is 1.20. The lowest BCUT2D eigenvalue weighted by Crippen LogP contribution is -2.47. The van der Waals surface area contributed by atoms with E-state index in [9.17, 15) is 8.42 Å². The van der Waals surface area contributed by atoms with Crippen LogP contribution in [0.5, 0.6) is 5.75 Å². The van der Waals surface area contributed by atoms with E-state index in [4.69, 9.17) is 16.3 Å². The molecule has 2 aromatic carbocycles. The van der Waals surface area contributed by atoms with Crippen molar-refractivity contribution < 1.29 is 13.2 Å². The van der Waals surface area contributed by atoms with Crippen molar-refractivity contribution in [3.63, 3.8) is 0 Å². The molecular formula is C19H23ClN2O3S. The third-order valence-corrected chi connectivity index (χ3v) is 5.95. The Labute approximate surface area is 159 Å². The fourth-order valence-electron chi connectivity index (χ4n) is 3.14. The average molecular weight is 395 g/mol. The van der Waals surface area contributed by atoms with Crippen LogP contribution in [0.25, 0.3) is 0 Å². The highest BCUT2D eigenvalue weighted by molar-refractivity contribution is 7.90. The van der Waals surface area contributed by atoms with Crippen LogP contribution in [-0.2, 0) is 9.84 Å². The molecule has 0 aliphatic carbocycles. The Hall–Kier alpha value is -1.60. The fourth-order valence-corrected chi connectivity index (χ4v) is 4.06. The van der Waals surface area contributed by atoms with Crippen molar-refractivity contribution in [3.05, 3.63) is 59.1 Å². The van der Waals surface area contributed by atoms with Crippen LogP contribution in [0.1, 0.15) is 11.6 Å². The summed E-state index contributed by atoms with van der Waals surface area (Å²) in [4.78, 5) is 2.61. The summed E-state index contributed by atoms with van der Waals surface area (Å²) >= 11 is 6.37. The monoisotopic (exact) mass is 394 g/mol. The standard InChI is InChI=1S/C19H23ClN2O3S/c1-26(23,24)16-6-4-5-15(13-16)25-12-11-22-10-9-21-14-19(22)17-7-2-3-8-18(17)20/h2-8,13,19,21H,9-12,14H2,1H3. The van der Waals surface area contributed by atoms with Gasteiger partial charge in [-0.2, -0.15) is 0 Å². The van der Waals surface area contributed by atoms with Gasteiger partial charge < -0.3 is 10.1 Å². The number of hydrogen-bond acceptors (Lipinski definition) is 5. The number of rotatable bonds is 6. The van der Waals surface area contributed by atoms with Crippen LogP contribution in [0.15, 0.2) is 53.4 Å². The molecule has 0 aromatic heterocycles. The Balaban J connectivity index is 1.64. The molecule has 0 amide bonds. The largest absolute Gasteiger partial charge is 0.492 e. The summed E-state index contributed by atoms with van der Waals surface area (Å²) in [5.74, 6) is 0.567. The molecule has 3 rings (SSSR count). The molecule has 2 aromatic rings. The van der Waals surface area contributed by atoms with E-state index in [2.05, 4.69) is 16.3 Å². The maximum atomic E-state index is 11.7. The van der Waals surface area contributed by atoms with Crippen LogP contribution in [0.4, 0.5) is 0 Å². The van der Waals surface area contributed by atoms with Crippen molar-refractivity contribution in [2.24, 2.45) is 0 Å². The van der Waals surface area contributed by atoms with Crippen molar-refractivity contribution >= 4 is 21.4 Å². The smallest absolute Gasteiger partial charge is 0.175 e. The molecule has 26 heavy (non-hydrogen) atoms. The minimum Gasteiger partial charge on any atom is -0.492 e. The SMILES string of the molecule is CS(=O)(=O)c1cccc(OCCN2CCNCC2c2ccccc2Cl)c1. The lowest BCUT2D eigenvalue weighted by Gasteiger charge is -2.36. The molecular weight excluding hydrogens is 372 g/mol. The summed E-state index contributed by atoms with van der Waals surface area (Å²) in [5.41, 5.74) is 1.11. The van der Waals surface area contributed by atoms with Crippen molar-refractivity contribution in [2.75, 3.05) is 39.0 Å². The number of nitrogens with one attached hydrogen (secondary N) is 1. The van der Waals surface area contributed by atoms with Gasteiger partial charge in [0.25, 0.3) is 0 Å². The first-order chi connectivity index (χ1) is 12.4. The van der Waals surface area contributed by atoms with E-state index >= 15 is 0 Å². The first-order valence-corrected chi connectivity index (χ1v) is 10.8. The van der Waals surface area contributed by atoms with Gasteiger partial charge in [-0.05, 0) is 29.8 Å². The molecule has 0 saturated carbocycles. The number of nitrogens with zero attached hydrogens (tertiary/aromatic N) is 1. The van der Waals surface area contributed by atoms with Crippen LogP contribution in [-0.4, -0.2) is 52.4 Å². The van der Waals surface area contributed by atoms with Gasteiger partial charge in [-0.15, -0.1) is 0 Å². The first kappa shape index (κ1) is 19.2. The Morgan fingerprint density at radius 2 is 2.04 bits per heavy atom. The summed E-state index contributed by atoms with van der Waals surface area (Å²) in [6.45, 7) is 3.88. The molecule has 1 aliphatic rings. The second-order valence-electron chi connectivity index (χ2n) is 6.37. The number of benzene rings is 2. The lowest BCUT2D eigenvalue weighted by atomic mass is 10.0. The predicted octanol–water partition coefficient (Wildman–Crippen LogP) is 2.77. The minimum atomic E-state index is -3.23. The van der Waals surface area contributed by atoms with Crippen LogP contribution in [0.2, 0.25) is 5.02 Å². The maximum Gasteiger partial charge on any atom is 0.175 e. The van der Waals surface area contributed by atoms with Gasteiger partial charge in [-0.25, -0.2) is 8.42 Å². The highest BCUT2D eigenvalue weighted by Crippen LogP contribution is 2.28. The molecule has 1 atom stereocenters. The summed E-state index contributed by atoms with van der Waals surface area (Å²) < 4.78 is 29.1. The highest BCUT2D eigenvalue weighted by Gasteiger charge is 2.25. The number of ether oxygens (including phenoxy) is 1. The molecule has 7 heteroatoms. The average Bonchev–Trinajstić information content (AvgIpc) is 2.62. The van der Waals surface area contributed by atoms with E-state index in [1.807, 2.05) is 18.2 Å². The molecule has 1 saturated heterocycles. The molecule has 1 fully saturated rings. The van der Waals surface area contributed by atoms with E-state index < -0.39 is 9.84 Å². The molecule has 1 heterocycles. The summed E-state index contributed by atoms with van der Waals surface area (Å²) in [5, 5.41) is 4.19. The summed E-state index contributed by atoms with van der Waals surface area (Å²) in [7, 11) is -3.23. The van der Waals surface area contributed by atoms with Crippen molar-refractivity contribution in [1.82, 2.24) is 10.2 Å². The van der Waals surface area contributed by atoms with Crippen LogP contribution in [0, 0.1) is 0 Å². The minimum absolute atomic E-state index is 0.198. The van der Waals surface area contributed by atoms with E-state index in [0.717, 1.165) is 36.8 Å².